The quantitative estimate of drug-likeness (QED) is 0.0435. The van der Waals surface area contributed by atoms with Gasteiger partial charge in [-0.3, -0.25) is 43.8 Å². The number of carbonyl (C=O) groups is 7. The zero-order valence-electron chi connectivity index (χ0n) is 32.2. The van der Waals surface area contributed by atoms with E-state index in [4.69, 9.17) is 14.2 Å². The van der Waals surface area contributed by atoms with Crippen molar-refractivity contribution in [2.24, 2.45) is 0 Å². The lowest BCUT2D eigenvalue weighted by molar-refractivity contribution is -0.136. The SMILES string of the molecule is O=C1CCC(N2C(=O)c3cccc(NC(=O)COCCOCCOCCCCCCNC(=O)c4cccc(NC(=O)CSc5nc6ccccc6[nH]5)c4)c3C2=O)C(=O)N1. The van der Waals surface area contributed by atoms with Crippen molar-refractivity contribution in [2.75, 3.05) is 62.6 Å². The third-order valence-corrected chi connectivity index (χ3v) is 10.2. The van der Waals surface area contributed by atoms with E-state index in [2.05, 4.69) is 31.2 Å². The molecule has 0 spiro atoms. The van der Waals surface area contributed by atoms with Crippen molar-refractivity contribution in [1.82, 2.24) is 25.5 Å². The van der Waals surface area contributed by atoms with Crippen LogP contribution in [0.5, 0.6) is 0 Å². The van der Waals surface area contributed by atoms with Crippen LogP contribution in [0.25, 0.3) is 11.0 Å². The summed E-state index contributed by atoms with van der Waals surface area (Å²) in [4.78, 5) is 96.2. The van der Waals surface area contributed by atoms with Gasteiger partial charge in [0.15, 0.2) is 5.16 Å². The summed E-state index contributed by atoms with van der Waals surface area (Å²) in [6.45, 7) is 1.92. The van der Waals surface area contributed by atoms with Gasteiger partial charge >= 0.3 is 0 Å². The highest BCUT2D eigenvalue weighted by Gasteiger charge is 2.45. The van der Waals surface area contributed by atoms with Crippen LogP contribution in [-0.2, 0) is 33.4 Å². The van der Waals surface area contributed by atoms with E-state index < -0.39 is 35.6 Å². The Morgan fingerprint density at radius 1 is 0.797 bits per heavy atom. The average molecular weight is 828 g/mol. The van der Waals surface area contributed by atoms with Gasteiger partial charge in [0.05, 0.1) is 60.0 Å². The lowest BCUT2D eigenvalue weighted by Gasteiger charge is -2.27. The van der Waals surface area contributed by atoms with Crippen molar-refractivity contribution in [2.45, 2.75) is 49.7 Å². The number of benzene rings is 3. The fourth-order valence-electron chi connectivity index (χ4n) is 6.46. The maximum Gasteiger partial charge on any atom is 0.264 e. The highest BCUT2D eigenvalue weighted by Crippen LogP contribution is 2.32. The Balaban J connectivity index is 0.753. The summed E-state index contributed by atoms with van der Waals surface area (Å²) in [6.07, 6.45) is 3.57. The number of nitrogens with one attached hydrogen (secondary N) is 5. The van der Waals surface area contributed by atoms with Crippen LogP contribution in [0, 0.1) is 0 Å². The van der Waals surface area contributed by atoms with E-state index in [9.17, 15) is 33.6 Å². The molecular weight excluding hydrogens is 783 g/mol. The molecule has 17 nitrogen and oxygen atoms in total. The summed E-state index contributed by atoms with van der Waals surface area (Å²) in [5.41, 5.74) is 2.93. The van der Waals surface area contributed by atoms with Crippen molar-refractivity contribution in [3.8, 4) is 0 Å². The minimum absolute atomic E-state index is 0.00453. The third kappa shape index (κ3) is 11.8. The summed E-state index contributed by atoms with van der Waals surface area (Å²) in [5, 5.41) is 11.2. The Hall–Kier alpha value is -5.95. The van der Waals surface area contributed by atoms with E-state index in [1.54, 1.807) is 24.3 Å². The molecule has 0 bridgehead atoms. The van der Waals surface area contributed by atoms with E-state index in [1.807, 2.05) is 24.3 Å². The first-order valence-electron chi connectivity index (χ1n) is 19.3. The van der Waals surface area contributed by atoms with Gasteiger partial charge in [-0.05, 0) is 61.7 Å². The molecule has 310 valence electrons. The molecule has 1 atom stereocenters. The molecule has 0 aliphatic carbocycles. The van der Waals surface area contributed by atoms with Gasteiger partial charge < -0.3 is 35.1 Å². The van der Waals surface area contributed by atoms with Crippen LogP contribution < -0.4 is 21.3 Å². The van der Waals surface area contributed by atoms with Gasteiger partial charge in [-0.15, -0.1) is 0 Å². The van der Waals surface area contributed by atoms with Crippen LogP contribution in [0.15, 0.2) is 71.9 Å². The zero-order chi connectivity index (χ0) is 41.6. The fourth-order valence-corrected chi connectivity index (χ4v) is 7.15. The largest absolute Gasteiger partial charge is 0.379 e. The van der Waals surface area contributed by atoms with E-state index in [-0.39, 0.29) is 67.0 Å². The van der Waals surface area contributed by atoms with Gasteiger partial charge in [-0.25, -0.2) is 4.98 Å². The van der Waals surface area contributed by atoms with Crippen molar-refractivity contribution in [1.29, 1.82) is 0 Å². The molecule has 59 heavy (non-hydrogen) atoms. The van der Waals surface area contributed by atoms with Gasteiger partial charge in [-0.1, -0.05) is 48.9 Å². The topological polar surface area (TPSA) is 227 Å². The van der Waals surface area contributed by atoms with Crippen molar-refractivity contribution >= 4 is 75.5 Å². The second-order valence-electron chi connectivity index (χ2n) is 13.6. The predicted octanol–water partition coefficient (Wildman–Crippen LogP) is 3.67. The van der Waals surface area contributed by atoms with Crippen LogP contribution in [0.2, 0.25) is 0 Å². The molecule has 2 aliphatic heterocycles. The summed E-state index contributed by atoms with van der Waals surface area (Å²) in [5.74, 6) is -3.34. The summed E-state index contributed by atoms with van der Waals surface area (Å²) in [6, 6.07) is 17.8. The Bertz CT molecular complexity index is 2160. The molecule has 3 heterocycles. The highest BCUT2D eigenvalue weighted by molar-refractivity contribution is 7.99. The third-order valence-electron chi connectivity index (χ3n) is 9.34. The molecule has 6 rings (SSSR count). The number of nitrogens with zero attached hydrogens (tertiary/aromatic N) is 2. The number of aromatic amines is 1. The summed E-state index contributed by atoms with van der Waals surface area (Å²) < 4.78 is 16.5. The number of piperidine rings is 1. The lowest BCUT2D eigenvalue weighted by Crippen LogP contribution is -2.54. The van der Waals surface area contributed by atoms with Crippen molar-refractivity contribution in [3.05, 3.63) is 83.4 Å². The molecule has 3 aromatic carbocycles. The van der Waals surface area contributed by atoms with Crippen molar-refractivity contribution < 1.29 is 47.8 Å². The maximum absolute atomic E-state index is 13.2. The van der Waals surface area contributed by atoms with Crippen LogP contribution >= 0.6 is 11.8 Å². The lowest BCUT2D eigenvalue weighted by atomic mass is 10.0. The molecule has 1 fully saturated rings. The smallest absolute Gasteiger partial charge is 0.264 e. The van der Waals surface area contributed by atoms with Gasteiger partial charge in [-0.2, -0.15) is 0 Å². The number of imide groups is 2. The Morgan fingerprint density at radius 3 is 2.37 bits per heavy atom. The first kappa shape index (κ1) is 42.7. The summed E-state index contributed by atoms with van der Waals surface area (Å²) in [7, 11) is 0. The van der Waals surface area contributed by atoms with Gasteiger partial charge in [0.1, 0.15) is 12.6 Å². The van der Waals surface area contributed by atoms with Crippen LogP contribution in [0.1, 0.15) is 69.6 Å². The number of hydrogen-bond acceptors (Lipinski definition) is 12. The summed E-state index contributed by atoms with van der Waals surface area (Å²) >= 11 is 1.31. The number of hydrogen-bond donors (Lipinski definition) is 5. The Labute approximate surface area is 343 Å². The van der Waals surface area contributed by atoms with Crippen LogP contribution in [0.3, 0.4) is 0 Å². The number of fused-ring (bicyclic) bond motifs is 2. The molecule has 0 radical (unpaired) electrons. The molecular formula is C41H45N7O10S. The molecule has 7 amide bonds. The number of para-hydroxylation sites is 2. The molecule has 5 N–H and O–H groups in total. The molecule has 0 saturated carbocycles. The van der Waals surface area contributed by atoms with Gasteiger partial charge in [0.2, 0.25) is 23.6 Å². The fraction of sp³-hybridized carbons (Fsp3) is 0.366. The number of thioether (sulfide) groups is 1. The standard InChI is InChI=1S/C41H45N7O10S/c49-33-16-15-32(38(53)47-33)48-39(54)28-11-8-14-31(36(28)40(48)55)44-34(50)24-58-22-21-57-20-19-56-18-6-2-1-5-17-42-37(52)26-9-7-10-27(23-26)43-35(51)25-59-41-45-29-12-3-4-13-30(29)46-41/h3-4,7-14,23,32H,1-2,5-6,15-22,24-25H2,(H,42,52)(H,43,51)(H,44,50)(H,45,46)(H,47,49,53). The molecule has 1 saturated heterocycles. The minimum Gasteiger partial charge on any atom is -0.379 e. The molecule has 2 aliphatic rings. The number of rotatable bonds is 22. The van der Waals surface area contributed by atoms with Gasteiger partial charge in [0.25, 0.3) is 17.7 Å². The predicted molar refractivity (Wildman–Crippen MR) is 217 cm³/mol. The van der Waals surface area contributed by atoms with Crippen LogP contribution in [-0.4, -0.2) is 114 Å². The molecule has 18 heteroatoms. The van der Waals surface area contributed by atoms with E-state index in [1.165, 1.54) is 30.0 Å². The zero-order valence-corrected chi connectivity index (χ0v) is 33.0. The average Bonchev–Trinajstić information content (AvgIpc) is 3.76. The van der Waals surface area contributed by atoms with E-state index in [0.29, 0.717) is 42.8 Å². The number of anilines is 2. The Kier molecular flexibility index (Phi) is 15.3. The monoisotopic (exact) mass is 827 g/mol. The molecule has 4 aromatic rings. The second kappa shape index (κ2) is 21.2. The van der Waals surface area contributed by atoms with E-state index in [0.717, 1.165) is 41.6 Å². The highest BCUT2D eigenvalue weighted by atomic mass is 32.2. The van der Waals surface area contributed by atoms with Crippen LogP contribution in [0.4, 0.5) is 11.4 Å². The van der Waals surface area contributed by atoms with E-state index >= 15 is 0 Å². The number of imidazole rings is 1. The number of ether oxygens (including phenoxy) is 3. The normalized spacial score (nSPS) is 15.0. The number of aromatic nitrogens is 2. The van der Waals surface area contributed by atoms with Crippen molar-refractivity contribution in [3.63, 3.8) is 0 Å². The molecule has 1 unspecified atom stereocenters. The number of amides is 7. The first-order chi connectivity index (χ1) is 28.7. The number of unbranched alkanes of at least 4 members (excludes halogenated alkanes) is 3. The number of H-pyrrole nitrogens is 1. The minimum atomic E-state index is -1.11. The number of carbonyl (C=O) groups excluding carboxylic acids is 7. The Morgan fingerprint density at radius 2 is 1.56 bits per heavy atom. The first-order valence-corrected chi connectivity index (χ1v) is 20.3. The van der Waals surface area contributed by atoms with Gasteiger partial charge in [0, 0.05) is 30.8 Å². The maximum atomic E-state index is 13.2. The second-order valence-corrected chi connectivity index (χ2v) is 14.6. The molecule has 1 aromatic heterocycles.